The van der Waals surface area contributed by atoms with E-state index in [1.54, 1.807) is 37.3 Å². The lowest BCUT2D eigenvalue weighted by Crippen LogP contribution is -2.31. The van der Waals surface area contributed by atoms with E-state index >= 15 is 0 Å². The Morgan fingerprint density at radius 1 is 1.39 bits per heavy atom. The first-order valence-corrected chi connectivity index (χ1v) is 6.75. The summed E-state index contributed by atoms with van der Waals surface area (Å²) in [6.45, 7) is 1.60. The molecule has 8 nitrogen and oxygen atoms in total. The number of ether oxygens (including phenoxy) is 1. The summed E-state index contributed by atoms with van der Waals surface area (Å²) < 4.78 is 4.68. The van der Waals surface area contributed by atoms with Crippen LogP contribution in [0.4, 0.5) is 5.69 Å². The van der Waals surface area contributed by atoms with Gasteiger partial charge in [0, 0.05) is 0 Å². The number of nitrogens with zero attached hydrogens (tertiary/aromatic N) is 2. The number of carbonyl (C=O) groups is 2. The number of benzene rings is 1. The summed E-state index contributed by atoms with van der Waals surface area (Å²) in [5.74, 6) is -2.00. The molecule has 1 rings (SSSR count). The molecule has 0 aromatic heterocycles. The fourth-order valence-corrected chi connectivity index (χ4v) is 1.63. The van der Waals surface area contributed by atoms with E-state index in [0.717, 1.165) is 0 Å². The normalized spacial score (nSPS) is 12.0. The van der Waals surface area contributed by atoms with Crippen LogP contribution in [-0.4, -0.2) is 24.2 Å². The van der Waals surface area contributed by atoms with Crippen LogP contribution in [0, 0.1) is 11.3 Å². The number of hydrogen-bond donors (Lipinski definition) is 3. The number of primary amides is 1. The van der Waals surface area contributed by atoms with E-state index in [4.69, 9.17) is 28.3 Å². The number of amides is 1. The van der Waals surface area contributed by atoms with Crippen LogP contribution in [0.2, 0.25) is 5.02 Å². The van der Waals surface area contributed by atoms with E-state index in [-0.39, 0.29) is 6.61 Å². The zero-order chi connectivity index (χ0) is 17.4. The SMILES string of the molecule is CCOC(=O)/C(C#N)=C(N)/C(=N/Nc1ccccc1Cl)C(N)=O. The highest BCUT2D eigenvalue weighted by molar-refractivity contribution is 6.45. The van der Waals surface area contributed by atoms with Crippen molar-refractivity contribution in [2.45, 2.75) is 6.92 Å². The number of nitriles is 1. The topological polar surface area (TPSA) is 144 Å². The molecule has 1 aromatic carbocycles. The molecule has 0 fully saturated rings. The van der Waals surface area contributed by atoms with Gasteiger partial charge in [-0.25, -0.2) is 4.79 Å². The highest BCUT2D eigenvalue weighted by Gasteiger charge is 2.22. The van der Waals surface area contributed by atoms with Gasteiger partial charge in [-0.2, -0.15) is 10.4 Å². The number of anilines is 1. The summed E-state index contributed by atoms with van der Waals surface area (Å²) >= 11 is 5.93. The van der Waals surface area contributed by atoms with E-state index in [0.29, 0.717) is 10.7 Å². The van der Waals surface area contributed by atoms with Gasteiger partial charge in [-0.1, -0.05) is 23.7 Å². The van der Waals surface area contributed by atoms with Crippen molar-refractivity contribution >= 4 is 34.9 Å². The van der Waals surface area contributed by atoms with Crippen LogP contribution in [0.25, 0.3) is 0 Å². The van der Waals surface area contributed by atoms with Crippen LogP contribution >= 0.6 is 11.6 Å². The third-order valence-corrected chi connectivity index (χ3v) is 2.84. The van der Waals surface area contributed by atoms with E-state index in [1.807, 2.05) is 0 Å². The average Bonchev–Trinajstić information content (AvgIpc) is 2.50. The molecule has 0 atom stereocenters. The van der Waals surface area contributed by atoms with Crippen LogP contribution in [-0.2, 0) is 14.3 Å². The van der Waals surface area contributed by atoms with E-state index < -0.39 is 28.9 Å². The Morgan fingerprint density at radius 3 is 2.57 bits per heavy atom. The molecule has 0 unspecified atom stereocenters. The number of hydrogen-bond acceptors (Lipinski definition) is 7. The summed E-state index contributed by atoms with van der Waals surface area (Å²) in [6, 6.07) is 8.16. The Labute approximate surface area is 137 Å². The average molecular weight is 336 g/mol. The first-order chi connectivity index (χ1) is 10.9. The first-order valence-electron chi connectivity index (χ1n) is 6.37. The zero-order valence-corrected chi connectivity index (χ0v) is 12.9. The van der Waals surface area contributed by atoms with Crippen molar-refractivity contribution in [3.8, 4) is 6.07 Å². The van der Waals surface area contributed by atoms with Gasteiger partial charge in [0.2, 0.25) is 0 Å². The summed E-state index contributed by atoms with van der Waals surface area (Å²) in [5, 5.41) is 13.1. The van der Waals surface area contributed by atoms with Crippen LogP contribution in [0.15, 0.2) is 40.6 Å². The van der Waals surface area contributed by atoms with Crippen LogP contribution in [0.1, 0.15) is 6.92 Å². The quantitative estimate of drug-likeness (QED) is 0.231. The molecule has 5 N–H and O–H groups in total. The summed E-state index contributed by atoms with van der Waals surface area (Å²) in [6.07, 6.45) is 0. The van der Waals surface area contributed by atoms with Crippen molar-refractivity contribution < 1.29 is 14.3 Å². The van der Waals surface area contributed by atoms with Gasteiger partial charge in [-0.05, 0) is 19.1 Å². The minimum Gasteiger partial charge on any atom is -0.462 e. The molecule has 0 radical (unpaired) electrons. The number of nitrogens with one attached hydrogen (secondary N) is 1. The van der Waals surface area contributed by atoms with Gasteiger partial charge in [0.05, 0.1) is 23.0 Å². The summed E-state index contributed by atoms with van der Waals surface area (Å²) in [7, 11) is 0. The number of esters is 1. The molecule has 0 saturated heterocycles. The lowest BCUT2D eigenvalue weighted by molar-refractivity contribution is -0.138. The molecule has 0 heterocycles. The number of halogens is 1. The summed E-state index contributed by atoms with van der Waals surface area (Å²) in [5.41, 5.74) is 12.2. The Hall–Kier alpha value is -3.05. The molecular weight excluding hydrogens is 322 g/mol. The van der Waals surface area contributed by atoms with E-state index in [9.17, 15) is 9.59 Å². The monoisotopic (exact) mass is 335 g/mol. The number of carbonyl (C=O) groups excluding carboxylic acids is 2. The maximum atomic E-state index is 11.6. The first kappa shape index (κ1) is 18.0. The highest BCUT2D eigenvalue weighted by atomic mass is 35.5. The Bertz CT molecular complexity index is 721. The molecular formula is C14H14ClN5O3. The van der Waals surface area contributed by atoms with Gasteiger partial charge in [0.1, 0.15) is 6.07 Å². The van der Waals surface area contributed by atoms with Gasteiger partial charge < -0.3 is 16.2 Å². The number of para-hydroxylation sites is 1. The standard InChI is InChI=1S/C14H14ClN5O3/c1-2-23-14(22)8(7-16)11(17)12(13(18)21)20-19-10-6-4-3-5-9(10)15/h3-6,19H,2,17H2,1H3,(H2,18,21)/b11-8-,20-12-. The zero-order valence-electron chi connectivity index (χ0n) is 12.2. The number of rotatable bonds is 6. The molecule has 0 bridgehead atoms. The van der Waals surface area contributed by atoms with Crippen molar-refractivity contribution in [2.75, 3.05) is 12.0 Å². The van der Waals surface area contributed by atoms with Crippen molar-refractivity contribution in [2.24, 2.45) is 16.6 Å². The predicted molar refractivity (Wildman–Crippen MR) is 85.2 cm³/mol. The molecule has 0 aliphatic rings. The van der Waals surface area contributed by atoms with Gasteiger partial charge in [0.15, 0.2) is 11.3 Å². The van der Waals surface area contributed by atoms with Crippen LogP contribution < -0.4 is 16.9 Å². The van der Waals surface area contributed by atoms with Gasteiger partial charge in [-0.15, -0.1) is 0 Å². The van der Waals surface area contributed by atoms with Crippen molar-refractivity contribution in [1.29, 1.82) is 5.26 Å². The second-order valence-electron chi connectivity index (χ2n) is 4.04. The van der Waals surface area contributed by atoms with E-state index in [2.05, 4.69) is 15.3 Å². The fraction of sp³-hybridized carbons (Fsp3) is 0.143. The molecule has 1 aromatic rings. The maximum Gasteiger partial charge on any atom is 0.351 e. The molecule has 0 saturated carbocycles. The number of nitrogens with two attached hydrogens (primary N) is 2. The molecule has 0 spiro atoms. The Morgan fingerprint density at radius 2 is 2.04 bits per heavy atom. The fourth-order valence-electron chi connectivity index (χ4n) is 1.45. The van der Waals surface area contributed by atoms with Gasteiger partial charge in [-0.3, -0.25) is 10.2 Å². The van der Waals surface area contributed by atoms with E-state index in [1.165, 1.54) is 0 Å². The smallest absolute Gasteiger partial charge is 0.351 e. The predicted octanol–water partition coefficient (Wildman–Crippen LogP) is 0.893. The molecule has 0 aliphatic carbocycles. The molecule has 9 heteroatoms. The van der Waals surface area contributed by atoms with Gasteiger partial charge >= 0.3 is 5.97 Å². The lowest BCUT2D eigenvalue weighted by atomic mass is 10.1. The van der Waals surface area contributed by atoms with Crippen molar-refractivity contribution in [3.63, 3.8) is 0 Å². The highest BCUT2D eigenvalue weighted by Crippen LogP contribution is 2.20. The Kier molecular flexibility index (Phi) is 6.58. The van der Waals surface area contributed by atoms with Crippen molar-refractivity contribution in [1.82, 2.24) is 0 Å². The van der Waals surface area contributed by atoms with Crippen molar-refractivity contribution in [3.05, 3.63) is 40.6 Å². The summed E-state index contributed by atoms with van der Waals surface area (Å²) in [4.78, 5) is 23.1. The molecule has 1 amide bonds. The molecule has 120 valence electrons. The lowest BCUT2D eigenvalue weighted by Gasteiger charge is -2.08. The minimum absolute atomic E-state index is 0.0399. The third kappa shape index (κ3) is 4.72. The largest absolute Gasteiger partial charge is 0.462 e. The second kappa shape index (κ2) is 8.41. The van der Waals surface area contributed by atoms with Gasteiger partial charge in [0.25, 0.3) is 5.91 Å². The minimum atomic E-state index is -1.03. The number of hydrazone groups is 1. The van der Waals surface area contributed by atoms with Crippen LogP contribution in [0.3, 0.4) is 0 Å². The van der Waals surface area contributed by atoms with Crippen LogP contribution in [0.5, 0.6) is 0 Å². The Balaban J connectivity index is 3.22. The maximum absolute atomic E-state index is 11.6. The second-order valence-corrected chi connectivity index (χ2v) is 4.44. The molecule has 0 aliphatic heterocycles. The molecule has 23 heavy (non-hydrogen) atoms. The third-order valence-electron chi connectivity index (χ3n) is 2.51.